The van der Waals surface area contributed by atoms with Crippen LogP contribution in [0.3, 0.4) is 0 Å². The van der Waals surface area contributed by atoms with E-state index in [1.54, 1.807) is 19.9 Å². The third-order valence-corrected chi connectivity index (χ3v) is 2.37. The molecule has 1 rings (SSSR count). The number of benzene rings is 1. The van der Waals surface area contributed by atoms with Crippen molar-refractivity contribution in [3.63, 3.8) is 0 Å². The van der Waals surface area contributed by atoms with Crippen molar-refractivity contribution < 1.29 is 15.0 Å². The molecule has 78 valence electrons. The third-order valence-electron chi connectivity index (χ3n) is 2.37. The number of aliphatic hydroxyl groups is 1. The van der Waals surface area contributed by atoms with Crippen LogP contribution in [0.2, 0.25) is 0 Å². The lowest BCUT2D eigenvalue weighted by atomic mass is 9.96. The van der Waals surface area contributed by atoms with Gasteiger partial charge in [-0.15, -0.1) is 0 Å². The number of hydrogen-bond donors (Lipinski definition) is 2. The van der Waals surface area contributed by atoms with Crippen molar-refractivity contribution in [1.29, 1.82) is 5.26 Å². The fourth-order valence-electron chi connectivity index (χ4n) is 1.37. The summed E-state index contributed by atoms with van der Waals surface area (Å²) in [5.41, 5.74) is 2.13. The van der Waals surface area contributed by atoms with Gasteiger partial charge in [-0.2, -0.15) is 5.26 Å². The number of nitriles is 1. The molecule has 0 heterocycles. The summed E-state index contributed by atoms with van der Waals surface area (Å²) in [5.74, 6) is -1.31. The van der Waals surface area contributed by atoms with Crippen molar-refractivity contribution in [1.82, 2.24) is 0 Å². The van der Waals surface area contributed by atoms with Crippen molar-refractivity contribution in [2.75, 3.05) is 0 Å². The number of carboxylic acid groups (broad SMARTS) is 1. The molecule has 0 aromatic heterocycles. The molecule has 0 bridgehead atoms. The van der Waals surface area contributed by atoms with Crippen molar-refractivity contribution in [2.45, 2.75) is 20.0 Å². The van der Waals surface area contributed by atoms with E-state index in [1.165, 1.54) is 6.07 Å². The average Bonchev–Trinajstić information content (AvgIpc) is 2.20. The van der Waals surface area contributed by atoms with Crippen molar-refractivity contribution in [3.05, 3.63) is 34.4 Å². The Morgan fingerprint density at radius 1 is 1.47 bits per heavy atom. The van der Waals surface area contributed by atoms with Gasteiger partial charge in [0.2, 0.25) is 0 Å². The minimum absolute atomic E-state index is 0.277. The lowest BCUT2D eigenvalue weighted by Gasteiger charge is -2.12. The predicted molar refractivity (Wildman–Crippen MR) is 53.2 cm³/mol. The lowest BCUT2D eigenvalue weighted by Crippen LogP contribution is -2.12. The number of aryl methyl sites for hydroxylation is 1. The Kier molecular flexibility index (Phi) is 3.08. The first-order valence-electron chi connectivity index (χ1n) is 4.39. The molecule has 1 atom stereocenters. The lowest BCUT2D eigenvalue weighted by molar-refractivity contribution is -0.147. The summed E-state index contributed by atoms with van der Waals surface area (Å²) in [6.45, 7) is 3.49. The van der Waals surface area contributed by atoms with E-state index >= 15 is 0 Å². The number of rotatable bonds is 2. The summed E-state index contributed by atoms with van der Waals surface area (Å²) >= 11 is 0. The standard InChI is InChI=1S/C11H11NO3/c1-6-3-8(5-12)4-9(7(6)2)10(13)11(14)15/h3-4,10,13H,1-2H3,(H,14,15). The van der Waals surface area contributed by atoms with E-state index in [-0.39, 0.29) is 5.56 Å². The molecule has 0 saturated carbocycles. The monoisotopic (exact) mass is 205 g/mol. The second-order valence-electron chi connectivity index (χ2n) is 3.36. The fourth-order valence-corrected chi connectivity index (χ4v) is 1.37. The zero-order chi connectivity index (χ0) is 11.6. The van der Waals surface area contributed by atoms with Crippen LogP contribution in [0.15, 0.2) is 12.1 Å². The molecule has 2 N–H and O–H groups in total. The molecule has 0 radical (unpaired) electrons. The Labute approximate surface area is 87.4 Å². The van der Waals surface area contributed by atoms with Gasteiger partial charge < -0.3 is 10.2 Å². The summed E-state index contributed by atoms with van der Waals surface area (Å²) in [5, 5.41) is 26.8. The van der Waals surface area contributed by atoms with Crippen LogP contribution < -0.4 is 0 Å². The SMILES string of the molecule is Cc1cc(C#N)cc(C(O)C(=O)O)c1C. The quantitative estimate of drug-likeness (QED) is 0.762. The highest BCUT2D eigenvalue weighted by Crippen LogP contribution is 2.22. The van der Waals surface area contributed by atoms with Gasteiger partial charge >= 0.3 is 5.97 Å². The zero-order valence-corrected chi connectivity index (χ0v) is 8.48. The molecular formula is C11H11NO3. The van der Waals surface area contributed by atoms with Crippen LogP contribution in [-0.4, -0.2) is 16.2 Å². The maximum atomic E-state index is 10.6. The maximum Gasteiger partial charge on any atom is 0.337 e. The van der Waals surface area contributed by atoms with Crippen molar-refractivity contribution in [3.8, 4) is 6.07 Å². The van der Waals surface area contributed by atoms with Gasteiger partial charge in [0.1, 0.15) is 0 Å². The highest BCUT2D eigenvalue weighted by atomic mass is 16.4. The fraction of sp³-hybridized carbons (Fsp3) is 0.273. The Morgan fingerprint density at radius 2 is 2.07 bits per heavy atom. The molecule has 1 aromatic rings. The molecular weight excluding hydrogens is 194 g/mol. The second kappa shape index (κ2) is 4.11. The van der Waals surface area contributed by atoms with Gasteiger partial charge in [0.15, 0.2) is 6.10 Å². The topological polar surface area (TPSA) is 81.3 Å². The van der Waals surface area contributed by atoms with E-state index in [0.717, 1.165) is 5.56 Å². The minimum Gasteiger partial charge on any atom is -0.479 e. The molecule has 1 aromatic carbocycles. The van der Waals surface area contributed by atoms with E-state index < -0.39 is 12.1 Å². The largest absolute Gasteiger partial charge is 0.479 e. The van der Waals surface area contributed by atoms with E-state index in [2.05, 4.69) is 0 Å². The van der Waals surface area contributed by atoms with Crippen molar-refractivity contribution >= 4 is 5.97 Å². The van der Waals surface area contributed by atoms with Gasteiger partial charge in [-0.1, -0.05) is 0 Å². The summed E-state index contributed by atoms with van der Waals surface area (Å²) in [6, 6.07) is 4.99. The number of nitrogens with zero attached hydrogens (tertiary/aromatic N) is 1. The first-order chi connectivity index (χ1) is 6.97. The van der Waals surface area contributed by atoms with Crippen LogP contribution in [-0.2, 0) is 4.79 Å². The summed E-state index contributed by atoms with van der Waals surface area (Å²) in [4.78, 5) is 10.6. The van der Waals surface area contributed by atoms with Gasteiger partial charge in [-0.05, 0) is 42.7 Å². The Hall–Kier alpha value is -1.86. The molecule has 4 nitrogen and oxygen atoms in total. The molecule has 0 amide bonds. The van der Waals surface area contributed by atoms with Gasteiger partial charge in [0.05, 0.1) is 11.6 Å². The summed E-state index contributed by atoms with van der Waals surface area (Å²) in [7, 11) is 0. The number of aliphatic carboxylic acids is 1. The zero-order valence-electron chi connectivity index (χ0n) is 8.48. The summed E-state index contributed by atoms with van der Waals surface area (Å²) < 4.78 is 0. The summed E-state index contributed by atoms with van der Waals surface area (Å²) in [6.07, 6.45) is -1.57. The Bertz CT molecular complexity index is 446. The van der Waals surface area contributed by atoms with Gasteiger partial charge in [-0.25, -0.2) is 4.79 Å². The van der Waals surface area contributed by atoms with E-state index in [9.17, 15) is 9.90 Å². The van der Waals surface area contributed by atoms with Crippen LogP contribution in [0.1, 0.15) is 28.4 Å². The maximum absolute atomic E-state index is 10.6. The molecule has 0 aliphatic heterocycles. The minimum atomic E-state index is -1.57. The van der Waals surface area contributed by atoms with Gasteiger partial charge in [0, 0.05) is 0 Å². The number of aliphatic hydroxyl groups excluding tert-OH is 1. The molecule has 15 heavy (non-hydrogen) atoms. The second-order valence-corrected chi connectivity index (χ2v) is 3.36. The first kappa shape index (κ1) is 11.2. The van der Waals surface area contributed by atoms with E-state index in [4.69, 9.17) is 10.4 Å². The number of carbonyl (C=O) groups is 1. The van der Waals surface area contributed by atoms with E-state index in [1.807, 2.05) is 6.07 Å². The van der Waals surface area contributed by atoms with E-state index in [0.29, 0.717) is 11.1 Å². The molecule has 0 aliphatic rings. The molecule has 4 heteroatoms. The van der Waals surface area contributed by atoms with Crippen molar-refractivity contribution in [2.24, 2.45) is 0 Å². The predicted octanol–water partition coefficient (Wildman–Crippen LogP) is 1.29. The highest BCUT2D eigenvalue weighted by molar-refractivity contribution is 5.75. The Balaban J connectivity index is 3.35. The smallest absolute Gasteiger partial charge is 0.337 e. The third kappa shape index (κ3) is 2.14. The van der Waals surface area contributed by atoms with Gasteiger partial charge in [-0.3, -0.25) is 0 Å². The van der Waals surface area contributed by atoms with Crippen LogP contribution in [0, 0.1) is 25.2 Å². The van der Waals surface area contributed by atoms with Crippen LogP contribution in [0.5, 0.6) is 0 Å². The molecule has 0 saturated heterocycles. The number of carboxylic acids is 1. The number of hydrogen-bond acceptors (Lipinski definition) is 3. The highest BCUT2D eigenvalue weighted by Gasteiger charge is 2.19. The van der Waals surface area contributed by atoms with Crippen LogP contribution in [0.25, 0.3) is 0 Å². The van der Waals surface area contributed by atoms with Crippen LogP contribution >= 0.6 is 0 Å². The molecule has 0 aliphatic carbocycles. The normalized spacial score (nSPS) is 11.9. The Morgan fingerprint density at radius 3 is 2.53 bits per heavy atom. The average molecular weight is 205 g/mol. The first-order valence-corrected chi connectivity index (χ1v) is 4.39. The van der Waals surface area contributed by atoms with Gasteiger partial charge in [0.25, 0.3) is 0 Å². The van der Waals surface area contributed by atoms with Crippen LogP contribution in [0.4, 0.5) is 0 Å². The molecule has 1 unspecified atom stereocenters. The molecule has 0 fully saturated rings. The molecule has 0 spiro atoms.